The van der Waals surface area contributed by atoms with E-state index in [4.69, 9.17) is 10.7 Å². The lowest BCUT2D eigenvalue weighted by molar-refractivity contribution is -0.153. The average molecular weight is 303 g/mol. The van der Waals surface area contributed by atoms with Crippen molar-refractivity contribution in [2.24, 2.45) is 0 Å². The van der Waals surface area contributed by atoms with Crippen LogP contribution in [0.1, 0.15) is 11.1 Å². The van der Waals surface area contributed by atoms with Gasteiger partial charge in [-0.1, -0.05) is 0 Å². The van der Waals surface area contributed by atoms with Gasteiger partial charge in [0, 0.05) is 10.7 Å². The molecule has 0 amide bonds. The van der Waals surface area contributed by atoms with E-state index in [0.717, 1.165) is 0 Å². The average Bonchev–Trinajstić information content (AvgIpc) is 2.12. The van der Waals surface area contributed by atoms with E-state index >= 15 is 0 Å². The molecule has 0 atom stereocenters. The Kier molecular flexibility index (Phi) is 4.17. The molecule has 0 N–H and O–H groups in total. The van der Waals surface area contributed by atoms with Crippen LogP contribution in [0, 0.1) is 13.8 Å². The molecule has 0 spiro atoms. The van der Waals surface area contributed by atoms with Gasteiger partial charge in [0.15, 0.2) is 6.61 Å². The number of alkyl halides is 3. The van der Waals surface area contributed by atoms with E-state index in [1.807, 2.05) is 0 Å². The summed E-state index contributed by atoms with van der Waals surface area (Å²) in [5, 5.41) is 0. The number of hydrogen-bond acceptors (Lipinski definition) is 3. The summed E-state index contributed by atoms with van der Waals surface area (Å²) in [6.45, 7) is 1.47. The Balaban J connectivity index is 3.10. The second-order valence-electron chi connectivity index (χ2n) is 3.73. The van der Waals surface area contributed by atoms with Crippen LogP contribution in [0.2, 0.25) is 0 Å². The lowest BCUT2D eigenvalue weighted by Crippen LogP contribution is -2.20. The summed E-state index contributed by atoms with van der Waals surface area (Å²) in [4.78, 5) is -0.168. The fourth-order valence-electron chi connectivity index (χ4n) is 1.43. The SMILES string of the molecule is Cc1cc(S(=O)(=O)Cl)cc(C)c1OCC(F)(F)F. The molecule has 0 radical (unpaired) electrons. The predicted octanol–water partition coefficient (Wildman–Crippen LogP) is 3.17. The molecular formula is C10H10ClF3O3S. The topological polar surface area (TPSA) is 43.4 Å². The third kappa shape index (κ3) is 4.06. The molecule has 0 heterocycles. The number of aryl methyl sites for hydroxylation is 2. The first-order chi connectivity index (χ1) is 8.00. The summed E-state index contributed by atoms with van der Waals surface area (Å²) in [7, 11) is 1.24. The number of benzene rings is 1. The van der Waals surface area contributed by atoms with Gasteiger partial charge in [-0.15, -0.1) is 0 Å². The number of ether oxygens (including phenoxy) is 1. The molecule has 102 valence electrons. The fourth-order valence-corrected chi connectivity index (χ4v) is 2.34. The molecule has 0 unspecified atom stereocenters. The Hall–Kier alpha value is -0.950. The highest BCUT2D eigenvalue weighted by Crippen LogP contribution is 2.29. The molecule has 0 bridgehead atoms. The largest absolute Gasteiger partial charge is 0.484 e. The highest BCUT2D eigenvalue weighted by molar-refractivity contribution is 8.13. The zero-order chi connectivity index (χ0) is 14.1. The highest BCUT2D eigenvalue weighted by Gasteiger charge is 2.29. The molecule has 3 nitrogen and oxygen atoms in total. The van der Waals surface area contributed by atoms with Gasteiger partial charge in [-0.2, -0.15) is 13.2 Å². The molecule has 0 aliphatic heterocycles. The molecule has 8 heteroatoms. The normalized spacial score (nSPS) is 12.6. The third-order valence-corrected chi connectivity index (χ3v) is 3.43. The maximum atomic E-state index is 12.0. The quantitative estimate of drug-likeness (QED) is 0.806. The minimum atomic E-state index is -4.45. The van der Waals surface area contributed by atoms with Crippen LogP contribution < -0.4 is 4.74 Å². The van der Waals surface area contributed by atoms with Gasteiger partial charge in [0.2, 0.25) is 0 Å². The van der Waals surface area contributed by atoms with E-state index in [1.165, 1.54) is 26.0 Å². The van der Waals surface area contributed by atoms with E-state index in [1.54, 1.807) is 0 Å². The van der Waals surface area contributed by atoms with Crippen molar-refractivity contribution in [2.45, 2.75) is 24.9 Å². The standard InChI is InChI=1S/C10H10ClF3O3S/c1-6-3-8(18(11,15)16)4-7(2)9(6)17-5-10(12,13)14/h3-4H,5H2,1-2H3. The predicted molar refractivity (Wildman–Crippen MR) is 60.5 cm³/mol. The third-order valence-electron chi connectivity index (χ3n) is 2.10. The van der Waals surface area contributed by atoms with Crippen molar-refractivity contribution < 1.29 is 26.3 Å². The molecule has 0 fully saturated rings. The van der Waals surface area contributed by atoms with E-state index in [-0.39, 0.29) is 21.8 Å². The lowest BCUT2D eigenvalue weighted by Gasteiger charge is -2.14. The summed E-state index contributed by atoms with van der Waals surface area (Å²) in [5.41, 5.74) is 0.553. The second-order valence-corrected chi connectivity index (χ2v) is 6.29. The van der Waals surface area contributed by atoms with Crippen molar-refractivity contribution in [1.29, 1.82) is 0 Å². The summed E-state index contributed by atoms with van der Waals surface area (Å²) < 4.78 is 63.0. The maximum absolute atomic E-state index is 12.0. The Labute approximate surface area is 107 Å². The van der Waals surface area contributed by atoms with Gasteiger partial charge in [0.1, 0.15) is 5.75 Å². The van der Waals surface area contributed by atoms with Gasteiger partial charge >= 0.3 is 6.18 Å². The summed E-state index contributed by atoms with van der Waals surface area (Å²) in [6, 6.07) is 2.34. The van der Waals surface area contributed by atoms with Gasteiger partial charge < -0.3 is 4.74 Å². The Morgan fingerprint density at radius 2 is 1.67 bits per heavy atom. The van der Waals surface area contributed by atoms with Gasteiger partial charge in [-0.25, -0.2) is 8.42 Å². The molecule has 0 saturated carbocycles. The Bertz CT molecular complexity index is 529. The van der Waals surface area contributed by atoms with E-state index in [0.29, 0.717) is 0 Å². The molecule has 1 aromatic carbocycles. The van der Waals surface area contributed by atoms with Crippen LogP contribution in [0.4, 0.5) is 13.2 Å². The summed E-state index contributed by atoms with van der Waals surface area (Å²) in [5.74, 6) is 0.0105. The molecule has 1 rings (SSSR count). The van der Waals surface area contributed by atoms with Crippen LogP contribution in [0.5, 0.6) is 5.75 Å². The molecule has 0 aliphatic rings. The number of rotatable bonds is 3. The molecule has 18 heavy (non-hydrogen) atoms. The maximum Gasteiger partial charge on any atom is 0.422 e. The first-order valence-corrected chi connectivity index (χ1v) is 7.07. The monoisotopic (exact) mass is 302 g/mol. The first-order valence-electron chi connectivity index (χ1n) is 4.76. The van der Waals surface area contributed by atoms with Crippen LogP contribution >= 0.6 is 10.7 Å². The van der Waals surface area contributed by atoms with E-state index in [2.05, 4.69) is 4.74 Å². The van der Waals surface area contributed by atoms with Crippen molar-refractivity contribution in [3.05, 3.63) is 23.3 Å². The zero-order valence-electron chi connectivity index (χ0n) is 9.51. The first kappa shape index (κ1) is 15.1. The minimum Gasteiger partial charge on any atom is -0.484 e. The van der Waals surface area contributed by atoms with Crippen molar-refractivity contribution in [3.8, 4) is 5.75 Å². The molecule has 1 aromatic rings. The van der Waals surface area contributed by atoms with Crippen molar-refractivity contribution in [3.63, 3.8) is 0 Å². The van der Waals surface area contributed by atoms with Crippen molar-refractivity contribution in [2.75, 3.05) is 6.61 Å². The summed E-state index contributed by atoms with van der Waals surface area (Å²) in [6.07, 6.45) is -4.45. The van der Waals surface area contributed by atoms with Crippen molar-refractivity contribution in [1.82, 2.24) is 0 Å². The Morgan fingerprint density at radius 1 is 1.22 bits per heavy atom. The second kappa shape index (κ2) is 4.97. The van der Waals surface area contributed by atoms with Crippen LogP contribution in [0.25, 0.3) is 0 Å². The van der Waals surface area contributed by atoms with Gasteiger partial charge in [0.25, 0.3) is 9.05 Å². The number of halogens is 4. The van der Waals surface area contributed by atoms with E-state index < -0.39 is 21.8 Å². The fraction of sp³-hybridized carbons (Fsp3) is 0.400. The molecule has 0 aromatic heterocycles. The van der Waals surface area contributed by atoms with Gasteiger partial charge in [-0.3, -0.25) is 0 Å². The number of hydrogen-bond donors (Lipinski definition) is 0. The smallest absolute Gasteiger partial charge is 0.422 e. The van der Waals surface area contributed by atoms with Crippen molar-refractivity contribution >= 4 is 19.7 Å². The van der Waals surface area contributed by atoms with Crippen LogP contribution in [-0.4, -0.2) is 21.2 Å². The Morgan fingerprint density at radius 3 is 2.00 bits per heavy atom. The highest BCUT2D eigenvalue weighted by atomic mass is 35.7. The van der Waals surface area contributed by atoms with Crippen LogP contribution in [-0.2, 0) is 9.05 Å². The van der Waals surface area contributed by atoms with Crippen LogP contribution in [0.15, 0.2) is 17.0 Å². The zero-order valence-corrected chi connectivity index (χ0v) is 11.1. The van der Waals surface area contributed by atoms with Gasteiger partial charge in [0.05, 0.1) is 4.90 Å². The van der Waals surface area contributed by atoms with E-state index in [9.17, 15) is 21.6 Å². The molecule has 0 aliphatic carbocycles. The minimum absolute atomic E-state index is 0.0105. The molecule has 0 saturated heterocycles. The molecular weight excluding hydrogens is 293 g/mol. The lowest BCUT2D eigenvalue weighted by atomic mass is 10.1. The van der Waals surface area contributed by atoms with Gasteiger partial charge in [-0.05, 0) is 37.1 Å². The summed E-state index contributed by atoms with van der Waals surface area (Å²) >= 11 is 0. The van der Waals surface area contributed by atoms with Crippen LogP contribution in [0.3, 0.4) is 0 Å².